The number of hydrogen-bond donors (Lipinski definition) is 1. The van der Waals surface area contributed by atoms with Crippen LogP contribution in [0.4, 0.5) is 0 Å². The van der Waals surface area contributed by atoms with Gasteiger partial charge in [0.05, 0.1) is 0 Å². The van der Waals surface area contributed by atoms with Crippen LogP contribution in [0.25, 0.3) is 0 Å². The van der Waals surface area contributed by atoms with E-state index in [1.807, 2.05) is 11.8 Å². The highest BCUT2D eigenvalue weighted by Gasteiger charge is 2.22. The molecule has 0 atom stereocenters. The van der Waals surface area contributed by atoms with Gasteiger partial charge in [-0.05, 0) is 46.3 Å². The second kappa shape index (κ2) is 5.69. The SMILES string of the molecule is O=S(=O)(NC1CCSCC1)c1cncc(Br)c1. The predicted molar refractivity (Wildman–Crippen MR) is 72.6 cm³/mol. The Morgan fingerprint density at radius 3 is 2.71 bits per heavy atom. The molecule has 0 saturated carbocycles. The molecule has 4 nitrogen and oxygen atoms in total. The summed E-state index contributed by atoms with van der Waals surface area (Å²) < 4.78 is 27.6. The third-order valence-corrected chi connectivity index (χ3v) is 5.50. The minimum Gasteiger partial charge on any atom is -0.262 e. The molecule has 0 unspecified atom stereocenters. The van der Waals surface area contributed by atoms with Crippen LogP contribution in [0.3, 0.4) is 0 Å². The molecule has 0 amide bonds. The number of pyridine rings is 1. The number of hydrogen-bond acceptors (Lipinski definition) is 4. The lowest BCUT2D eigenvalue weighted by atomic mass is 10.2. The molecule has 2 rings (SSSR count). The molecule has 0 radical (unpaired) electrons. The van der Waals surface area contributed by atoms with Crippen LogP contribution in [-0.2, 0) is 10.0 Å². The minimum atomic E-state index is -3.43. The first kappa shape index (κ1) is 13.3. The molecule has 1 fully saturated rings. The van der Waals surface area contributed by atoms with Crippen LogP contribution >= 0.6 is 27.7 Å². The van der Waals surface area contributed by atoms with Crippen LogP contribution in [-0.4, -0.2) is 30.9 Å². The molecule has 1 aromatic heterocycles. The van der Waals surface area contributed by atoms with Crippen molar-refractivity contribution < 1.29 is 8.42 Å². The number of thioether (sulfide) groups is 1. The zero-order valence-electron chi connectivity index (χ0n) is 9.10. The largest absolute Gasteiger partial charge is 0.262 e. The Morgan fingerprint density at radius 2 is 2.06 bits per heavy atom. The van der Waals surface area contributed by atoms with Gasteiger partial charge in [0.1, 0.15) is 4.90 Å². The number of sulfonamides is 1. The first-order chi connectivity index (χ1) is 8.08. The number of aromatic nitrogens is 1. The van der Waals surface area contributed by atoms with E-state index in [4.69, 9.17) is 0 Å². The summed E-state index contributed by atoms with van der Waals surface area (Å²) in [5.74, 6) is 2.04. The molecule has 1 aliphatic rings. The highest BCUT2D eigenvalue weighted by molar-refractivity contribution is 9.10. The summed E-state index contributed by atoms with van der Waals surface area (Å²) in [5.41, 5.74) is 0. The number of rotatable bonds is 3. The zero-order chi connectivity index (χ0) is 12.3. The fourth-order valence-electron chi connectivity index (χ4n) is 1.64. The summed E-state index contributed by atoms with van der Waals surface area (Å²) >= 11 is 5.09. The Morgan fingerprint density at radius 1 is 1.35 bits per heavy atom. The van der Waals surface area contributed by atoms with E-state index < -0.39 is 10.0 Å². The molecular weight excluding hydrogens is 324 g/mol. The van der Waals surface area contributed by atoms with E-state index in [2.05, 4.69) is 25.6 Å². The van der Waals surface area contributed by atoms with Crippen LogP contribution < -0.4 is 4.72 Å². The van der Waals surface area contributed by atoms with Crippen molar-refractivity contribution >= 4 is 37.7 Å². The van der Waals surface area contributed by atoms with Gasteiger partial charge in [0.25, 0.3) is 0 Å². The Balaban J connectivity index is 2.13. The van der Waals surface area contributed by atoms with E-state index in [-0.39, 0.29) is 10.9 Å². The third kappa shape index (κ3) is 3.67. The molecule has 0 bridgehead atoms. The maximum Gasteiger partial charge on any atom is 0.242 e. The molecule has 0 spiro atoms. The second-order valence-electron chi connectivity index (χ2n) is 3.85. The van der Waals surface area contributed by atoms with E-state index in [1.165, 1.54) is 6.20 Å². The van der Waals surface area contributed by atoms with Crippen molar-refractivity contribution in [3.63, 3.8) is 0 Å². The molecule has 2 heterocycles. The quantitative estimate of drug-likeness (QED) is 0.917. The fraction of sp³-hybridized carbons (Fsp3) is 0.500. The van der Waals surface area contributed by atoms with Crippen molar-refractivity contribution in [2.24, 2.45) is 0 Å². The number of halogens is 1. The molecule has 1 aliphatic heterocycles. The summed E-state index contributed by atoms with van der Waals surface area (Å²) in [5, 5.41) is 0. The molecule has 0 aliphatic carbocycles. The standard InChI is InChI=1S/C10H13BrN2O2S2/c11-8-5-10(7-12-6-8)17(14,15)13-9-1-3-16-4-2-9/h5-7,9,13H,1-4H2. The van der Waals surface area contributed by atoms with Gasteiger partial charge in [0, 0.05) is 22.9 Å². The fourth-order valence-corrected chi connectivity index (χ4v) is 4.56. The normalized spacial score (nSPS) is 18.2. The van der Waals surface area contributed by atoms with Gasteiger partial charge in [-0.25, -0.2) is 13.1 Å². The molecule has 1 saturated heterocycles. The minimum absolute atomic E-state index is 0.0558. The maximum absolute atomic E-state index is 12.1. The van der Waals surface area contributed by atoms with Gasteiger partial charge in [0.2, 0.25) is 10.0 Å². The predicted octanol–water partition coefficient (Wildman–Crippen LogP) is 2.02. The molecule has 1 aromatic rings. The summed E-state index contributed by atoms with van der Waals surface area (Å²) in [4.78, 5) is 4.09. The van der Waals surface area contributed by atoms with Crippen LogP contribution in [0.2, 0.25) is 0 Å². The van der Waals surface area contributed by atoms with Gasteiger partial charge in [-0.15, -0.1) is 0 Å². The van der Waals surface area contributed by atoms with Crippen LogP contribution in [0.1, 0.15) is 12.8 Å². The number of nitrogens with one attached hydrogen (secondary N) is 1. The van der Waals surface area contributed by atoms with Crippen LogP contribution in [0.5, 0.6) is 0 Å². The van der Waals surface area contributed by atoms with Crippen molar-refractivity contribution in [3.05, 3.63) is 22.9 Å². The van der Waals surface area contributed by atoms with Gasteiger partial charge >= 0.3 is 0 Å². The highest BCUT2D eigenvalue weighted by Crippen LogP contribution is 2.20. The van der Waals surface area contributed by atoms with Crippen molar-refractivity contribution in [1.29, 1.82) is 0 Å². The smallest absolute Gasteiger partial charge is 0.242 e. The van der Waals surface area contributed by atoms with Gasteiger partial charge in [-0.1, -0.05) is 0 Å². The lowest BCUT2D eigenvalue weighted by molar-refractivity contribution is 0.528. The van der Waals surface area contributed by atoms with E-state index >= 15 is 0 Å². The van der Waals surface area contributed by atoms with Crippen LogP contribution in [0, 0.1) is 0 Å². The molecule has 0 aromatic carbocycles. The third-order valence-electron chi connectivity index (χ3n) is 2.53. The van der Waals surface area contributed by atoms with Crippen LogP contribution in [0.15, 0.2) is 27.8 Å². The summed E-state index contributed by atoms with van der Waals surface area (Å²) in [7, 11) is -3.43. The van der Waals surface area contributed by atoms with Gasteiger partial charge in [-0.3, -0.25) is 4.98 Å². The topological polar surface area (TPSA) is 59.1 Å². The average molecular weight is 337 g/mol. The summed E-state index contributed by atoms with van der Waals surface area (Å²) in [6.07, 6.45) is 4.72. The van der Waals surface area contributed by atoms with E-state index in [0.717, 1.165) is 24.3 Å². The average Bonchev–Trinajstić information content (AvgIpc) is 2.30. The summed E-state index contributed by atoms with van der Waals surface area (Å²) in [6, 6.07) is 1.62. The van der Waals surface area contributed by atoms with E-state index in [0.29, 0.717) is 4.47 Å². The molecular formula is C10H13BrN2O2S2. The lowest BCUT2D eigenvalue weighted by Gasteiger charge is -2.22. The van der Waals surface area contributed by atoms with E-state index in [1.54, 1.807) is 12.3 Å². The van der Waals surface area contributed by atoms with Crippen molar-refractivity contribution in [3.8, 4) is 0 Å². The first-order valence-corrected chi connectivity index (χ1v) is 8.72. The molecule has 17 heavy (non-hydrogen) atoms. The van der Waals surface area contributed by atoms with Gasteiger partial charge in [0.15, 0.2) is 0 Å². The maximum atomic E-state index is 12.1. The van der Waals surface area contributed by atoms with Gasteiger partial charge in [-0.2, -0.15) is 11.8 Å². The molecule has 7 heteroatoms. The second-order valence-corrected chi connectivity index (χ2v) is 7.70. The lowest BCUT2D eigenvalue weighted by Crippen LogP contribution is -2.37. The molecule has 1 N–H and O–H groups in total. The Bertz CT molecular complexity index is 487. The monoisotopic (exact) mass is 336 g/mol. The van der Waals surface area contributed by atoms with Crippen molar-refractivity contribution in [2.45, 2.75) is 23.8 Å². The highest BCUT2D eigenvalue weighted by atomic mass is 79.9. The van der Waals surface area contributed by atoms with E-state index in [9.17, 15) is 8.42 Å². The molecule has 94 valence electrons. The zero-order valence-corrected chi connectivity index (χ0v) is 12.3. The summed E-state index contributed by atoms with van der Waals surface area (Å²) in [6.45, 7) is 0. The Kier molecular flexibility index (Phi) is 4.46. The number of nitrogens with zero attached hydrogens (tertiary/aromatic N) is 1. The Labute approximate surface area is 114 Å². The van der Waals surface area contributed by atoms with Crippen molar-refractivity contribution in [1.82, 2.24) is 9.71 Å². The first-order valence-electron chi connectivity index (χ1n) is 5.28. The Hall–Kier alpha value is -0.110. The van der Waals surface area contributed by atoms with Crippen molar-refractivity contribution in [2.75, 3.05) is 11.5 Å². The van der Waals surface area contributed by atoms with Gasteiger partial charge < -0.3 is 0 Å².